The first kappa shape index (κ1) is 26.9. The second kappa shape index (κ2) is 12.2. The molecule has 0 saturated carbocycles. The summed E-state index contributed by atoms with van der Waals surface area (Å²) in [6.45, 7) is 11.4. The summed E-state index contributed by atoms with van der Waals surface area (Å²) in [5.74, 6) is -1.01. The van der Waals surface area contributed by atoms with Gasteiger partial charge in [0.25, 0.3) is 5.69 Å². The second-order valence-corrected chi connectivity index (χ2v) is 8.59. The Bertz CT molecular complexity index is 1050. The highest BCUT2D eigenvalue weighted by atomic mass is 16.6. The highest BCUT2D eigenvalue weighted by molar-refractivity contribution is 6.07. The second-order valence-electron chi connectivity index (χ2n) is 8.59. The number of hydrogen-bond acceptors (Lipinski definition) is 8. The molecular formula is C25H32N2O7. The number of carbonyl (C=O) groups is 2. The molecule has 2 rings (SSSR count). The first-order chi connectivity index (χ1) is 16.0. The van der Waals surface area contributed by atoms with Crippen molar-refractivity contribution in [1.29, 1.82) is 0 Å². The average Bonchev–Trinajstić information content (AvgIpc) is 2.75. The van der Waals surface area contributed by atoms with E-state index in [1.165, 1.54) is 18.2 Å². The molecule has 0 bridgehead atoms. The first-order valence-electron chi connectivity index (χ1n) is 11.2. The number of ether oxygens (including phenoxy) is 3. The highest BCUT2D eigenvalue weighted by Crippen LogP contribution is 2.34. The molecule has 0 amide bonds. The quantitative estimate of drug-likeness (QED) is 0.193. The van der Waals surface area contributed by atoms with E-state index in [1.807, 2.05) is 27.7 Å². The highest BCUT2D eigenvalue weighted by Gasteiger charge is 2.28. The van der Waals surface area contributed by atoms with Gasteiger partial charge in [-0.05, 0) is 45.6 Å². The lowest BCUT2D eigenvalue weighted by molar-refractivity contribution is -0.384. The van der Waals surface area contributed by atoms with Crippen molar-refractivity contribution in [2.45, 2.75) is 54.1 Å². The van der Waals surface area contributed by atoms with Crippen LogP contribution in [-0.4, -0.2) is 47.8 Å². The molecule has 0 aliphatic carbocycles. The van der Waals surface area contributed by atoms with Crippen molar-refractivity contribution in [2.24, 2.45) is 5.92 Å². The number of nitro benzene ring substituents is 1. The Morgan fingerprint density at radius 2 is 1.56 bits per heavy atom. The summed E-state index contributed by atoms with van der Waals surface area (Å²) < 4.78 is 16.3. The van der Waals surface area contributed by atoms with E-state index in [0.717, 1.165) is 0 Å². The molecule has 0 aliphatic rings. The van der Waals surface area contributed by atoms with Gasteiger partial charge in [0.2, 0.25) is 0 Å². The molecule has 2 aromatic rings. The summed E-state index contributed by atoms with van der Waals surface area (Å²) in [6.07, 6.45) is 0.648. The molecule has 0 aliphatic heterocycles. The van der Waals surface area contributed by atoms with E-state index >= 15 is 0 Å². The molecule has 9 heteroatoms. The summed E-state index contributed by atoms with van der Waals surface area (Å²) in [5, 5.41) is 11.4. The van der Waals surface area contributed by atoms with Crippen LogP contribution in [0.25, 0.3) is 11.1 Å². The summed E-state index contributed by atoms with van der Waals surface area (Å²) in [6, 6.07) is 5.76. The lowest BCUT2D eigenvalue weighted by Crippen LogP contribution is -2.19. The zero-order valence-corrected chi connectivity index (χ0v) is 20.5. The van der Waals surface area contributed by atoms with Crippen LogP contribution >= 0.6 is 0 Å². The summed E-state index contributed by atoms with van der Waals surface area (Å²) >= 11 is 0. The van der Waals surface area contributed by atoms with Gasteiger partial charge in [-0.1, -0.05) is 26.0 Å². The average molecular weight is 473 g/mol. The number of aromatic nitrogens is 1. The number of carbonyl (C=O) groups excluding carboxylic acids is 2. The number of benzene rings is 1. The van der Waals surface area contributed by atoms with Crippen molar-refractivity contribution < 1.29 is 28.7 Å². The summed E-state index contributed by atoms with van der Waals surface area (Å²) in [5.41, 5.74) is 1.20. The Kier molecular flexibility index (Phi) is 9.68. The Balaban J connectivity index is 2.60. The van der Waals surface area contributed by atoms with Gasteiger partial charge in [-0.3, -0.25) is 15.1 Å². The predicted molar refractivity (Wildman–Crippen MR) is 127 cm³/mol. The normalized spacial score (nSPS) is 11.1. The molecule has 0 spiro atoms. The van der Waals surface area contributed by atoms with Crippen LogP contribution < -0.4 is 0 Å². The van der Waals surface area contributed by atoms with Crippen molar-refractivity contribution in [2.75, 3.05) is 19.8 Å². The largest absolute Gasteiger partial charge is 0.462 e. The van der Waals surface area contributed by atoms with Crippen LogP contribution in [0.15, 0.2) is 24.3 Å². The molecule has 0 N–H and O–H groups in total. The molecule has 0 saturated heterocycles. The van der Waals surface area contributed by atoms with Gasteiger partial charge in [-0.25, -0.2) is 9.59 Å². The molecule has 1 aromatic heterocycles. The predicted octanol–water partition coefficient (Wildman–Crippen LogP) is 5.06. The van der Waals surface area contributed by atoms with Crippen molar-refractivity contribution in [3.8, 4) is 11.1 Å². The number of aryl methyl sites for hydroxylation is 2. The number of esters is 2. The molecule has 0 atom stereocenters. The van der Waals surface area contributed by atoms with Crippen molar-refractivity contribution in [3.05, 3.63) is 56.9 Å². The molecule has 184 valence electrons. The Labute approximate surface area is 199 Å². The van der Waals surface area contributed by atoms with Crippen molar-refractivity contribution >= 4 is 17.6 Å². The molecule has 9 nitrogen and oxygen atoms in total. The van der Waals surface area contributed by atoms with Gasteiger partial charge in [-0.15, -0.1) is 0 Å². The third-order valence-corrected chi connectivity index (χ3v) is 5.01. The van der Waals surface area contributed by atoms with E-state index in [-0.39, 0.29) is 48.3 Å². The van der Waals surface area contributed by atoms with Crippen LogP contribution in [0.5, 0.6) is 0 Å². The van der Waals surface area contributed by atoms with Gasteiger partial charge in [0.15, 0.2) is 0 Å². The van der Waals surface area contributed by atoms with E-state index in [4.69, 9.17) is 14.2 Å². The van der Waals surface area contributed by atoms with Gasteiger partial charge >= 0.3 is 11.9 Å². The zero-order chi connectivity index (χ0) is 25.4. The van der Waals surface area contributed by atoms with Crippen LogP contribution in [0.3, 0.4) is 0 Å². The van der Waals surface area contributed by atoms with E-state index < -0.39 is 16.9 Å². The van der Waals surface area contributed by atoms with Crippen LogP contribution in [0.2, 0.25) is 0 Å². The number of nitrogens with zero attached hydrogens (tertiary/aromatic N) is 2. The van der Waals surface area contributed by atoms with E-state index in [0.29, 0.717) is 29.3 Å². The SMILES string of the molecule is Cc1nc(C)c(C(=O)OCCC(C)C)c(-c2cccc([N+](=O)[O-])c2)c1C(=O)OCCOC(C)C. The molecule has 1 aromatic carbocycles. The van der Waals surface area contributed by atoms with Crippen LogP contribution in [0.1, 0.15) is 66.2 Å². The number of rotatable bonds is 11. The van der Waals surface area contributed by atoms with Gasteiger partial charge in [0.05, 0.1) is 46.8 Å². The van der Waals surface area contributed by atoms with E-state index in [2.05, 4.69) is 4.98 Å². The van der Waals surface area contributed by atoms with Crippen molar-refractivity contribution in [1.82, 2.24) is 4.98 Å². The topological polar surface area (TPSA) is 118 Å². The zero-order valence-electron chi connectivity index (χ0n) is 20.5. The number of pyridine rings is 1. The summed E-state index contributed by atoms with van der Waals surface area (Å²) in [7, 11) is 0. The van der Waals surface area contributed by atoms with Gasteiger partial charge < -0.3 is 14.2 Å². The van der Waals surface area contributed by atoms with Crippen molar-refractivity contribution in [3.63, 3.8) is 0 Å². The maximum atomic E-state index is 13.1. The molecule has 34 heavy (non-hydrogen) atoms. The summed E-state index contributed by atoms with van der Waals surface area (Å²) in [4.78, 5) is 41.5. The third-order valence-electron chi connectivity index (χ3n) is 5.01. The fraction of sp³-hybridized carbons (Fsp3) is 0.480. The lowest BCUT2D eigenvalue weighted by Gasteiger charge is -2.18. The maximum absolute atomic E-state index is 13.1. The van der Waals surface area contributed by atoms with Gasteiger partial charge in [0, 0.05) is 17.7 Å². The standard InChI is InChI=1S/C25H32N2O7/c1-15(2)10-11-33-24(28)21-17(5)26-18(6)22(25(29)34-13-12-32-16(3)4)23(21)19-8-7-9-20(14-19)27(30)31/h7-9,14-16H,10-13H2,1-6H3. The van der Waals surface area contributed by atoms with E-state index in [9.17, 15) is 19.7 Å². The van der Waals surface area contributed by atoms with Gasteiger partial charge in [-0.2, -0.15) is 0 Å². The van der Waals surface area contributed by atoms with Crippen LogP contribution in [0.4, 0.5) is 5.69 Å². The smallest absolute Gasteiger partial charge is 0.340 e. The Hall–Kier alpha value is -3.33. The first-order valence-corrected chi connectivity index (χ1v) is 11.2. The number of nitro groups is 1. The van der Waals surface area contributed by atoms with Crippen LogP contribution in [-0.2, 0) is 14.2 Å². The van der Waals surface area contributed by atoms with Gasteiger partial charge in [0.1, 0.15) is 6.61 Å². The molecule has 0 unspecified atom stereocenters. The third kappa shape index (κ3) is 7.08. The van der Waals surface area contributed by atoms with Crippen LogP contribution in [0, 0.1) is 29.9 Å². The van der Waals surface area contributed by atoms with E-state index in [1.54, 1.807) is 19.9 Å². The lowest BCUT2D eigenvalue weighted by atomic mass is 9.92. The molecule has 0 fully saturated rings. The number of non-ortho nitro benzene ring substituents is 1. The monoisotopic (exact) mass is 472 g/mol. The Morgan fingerprint density at radius 3 is 2.09 bits per heavy atom. The minimum absolute atomic E-state index is 0.00682. The number of hydrogen-bond donors (Lipinski definition) is 0. The minimum Gasteiger partial charge on any atom is -0.462 e. The fourth-order valence-corrected chi connectivity index (χ4v) is 3.36. The fourth-order valence-electron chi connectivity index (χ4n) is 3.36. The molecule has 1 heterocycles. The Morgan fingerprint density at radius 1 is 0.971 bits per heavy atom. The minimum atomic E-state index is -0.699. The maximum Gasteiger partial charge on any atom is 0.340 e. The molecule has 0 radical (unpaired) electrons. The molecular weight excluding hydrogens is 440 g/mol.